The smallest absolute Gasteiger partial charge is 0.230 e. The Balaban J connectivity index is 1.38. The van der Waals surface area contributed by atoms with E-state index < -0.39 is 0 Å². The summed E-state index contributed by atoms with van der Waals surface area (Å²) < 4.78 is 2.04. The maximum absolute atomic E-state index is 13.2. The summed E-state index contributed by atoms with van der Waals surface area (Å²) in [6, 6.07) is 18.7. The molecule has 0 atom stereocenters. The first-order valence-corrected chi connectivity index (χ1v) is 12.6. The number of benzene rings is 2. The predicted octanol–water partition coefficient (Wildman–Crippen LogP) is 6.34. The zero-order chi connectivity index (χ0) is 24.5. The van der Waals surface area contributed by atoms with Gasteiger partial charge in [-0.05, 0) is 98.7 Å². The van der Waals surface area contributed by atoms with Crippen molar-refractivity contribution in [3.05, 3.63) is 83.2 Å². The van der Waals surface area contributed by atoms with Crippen LogP contribution in [-0.2, 0) is 11.2 Å². The van der Waals surface area contributed by atoms with Gasteiger partial charge in [0.2, 0.25) is 5.91 Å². The van der Waals surface area contributed by atoms with Crippen molar-refractivity contribution in [1.29, 1.82) is 0 Å². The second-order valence-corrected chi connectivity index (χ2v) is 10.1. The Kier molecular flexibility index (Phi) is 6.33. The Morgan fingerprint density at radius 1 is 0.971 bits per heavy atom. The van der Waals surface area contributed by atoms with Crippen molar-refractivity contribution in [3.63, 3.8) is 0 Å². The van der Waals surface area contributed by atoms with Crippen LogP contribution in [0.1, 0.15) is 42.1 Å². The summed E-state index contributed by atoms with van der Waals surface area (Å²) in [6.45, 7) is 10.8. The fourth-order valence-corrected chi connectivity index (χ4v) is 4.87. The fraction of sp³-hybridized carbons (Fsp3) is 0.333. The van der Waals surface area contributed by atoms with Gasteiger partial charge in [-0.15, -0.1) is 0 Å². The molecule has 5 rings (SSSR count). The molecule has 1 aliphatic rings. The molecule has 0 unspecified atom stereocenters. The number of carbonyl (C=O) groups excluding carboxylic acids is 1. The molecule has 1 amide bonds. The van der Waals surface area contributed by atoms with E-state index in [1.807, 2.05) is 22.7 Å². The SMILES string of the molecule is Cc1ccn2c(CC(=O)Nc3ccc(N4CCC(C)CC4)cc3)c(-c3ccc(C)c(C)c3)nc2c1. The number of piperidine rings is 1. The lowest BCUT2D eigenvalue weighted by molar-refractivity contribution is -0.115. The third-order valence-corrected chi connectivity index (χ3v) is 7.29. The number of nitrogens with zero attached hydrogens (tertiary/aromatic N) is 3. The second kappa shape index (κ2) is 9.57. The molecule has 4 aromatic rings. The van der Waals surface area contributed by atoms with Gasteiger partial charge >= 0.3 is 0 Å². The van der Waals surface area contributed by atoms with Crippen molar-refractivity contribution in [2.24, 2.45) is 5.92 Å². The first kappa shape index (κ1) is 23.2. The monoisotopic (exact) mass is 466 g/mol. The summed E-state index contributed by atoms with van der Waals surface area (Å²) in [5, 5.41) is 3.09. The van der Waals surface area contributed by atoms with Crippen molar-refractivity contribution in [3.8, 4) is 11.3 Å². The number of amides is 1. The van der Waals surface area contributed by atoms with E-state index in [1.165, 1.54) is 29.7 Å². The standard InChI is InChI=1S/C30H34N4O/c1-20-11-14-33(15-12-20)26-9-7-25(8-10-26)31-29(35)19-27-30(24-6-5-22(3)23(4)18-24)32-28-17-21(2)13-16-34(27)28/h5-10,13,16-18,20H,11-12,14-15,19H2,1-4H3,(H,31,35). The van der Waals surface area contributed by atoms with Gasteiger partial charge < -0.3 is 14.6 Å². The first-order chi connectivity index (χ1) is 16.9. The van der Waals surface area contributed by atoms with Crippen LogP contribution in [-0.4, -0.2) is 28.4 Å². The van der Waals surface area contributed by atoms with Gasteiger partial charge in [0, 0.05) is 36.2 Å². The van der Waals surface area contributed by atoms with Crippen LogP contribution in [0.15, 0.2) is 60.8 Å². The number of anilines is 2. The van der Waals surface area contributed by atoms with Crippen molar-refractivity contribution in [2.45, 2.75) is 47.0 Å². The molecule has 3 heterocycles. The van der Waals surface area contributed by atoms with E-state index in [4.69, 9.17) is 4.98 Å². The summed E-state index contributed by atoms with van der Waals surface area (Å²) in [6.07, 6.45) is 4.73. The number of aromatic nitrogens is 2. The highest BCUT2D eigenvalue weighted by molar-refractivity contribution is 5.93. The van der Waals surface area contributed by atoms with Crippen molar-refractivity contribution in [2.75, 3.05) is 23.3 Å². The van der Waals surface area contributed by atoms with Crippen LogP contribution in [0.2, 0.25) is 0 Å². The molecule has 1 N–H and O–H groups in total. The number of aryl methyl sites for hydroxylation is 3. The van der Waals surface area contributed by atoms with Crippen molar-refractivity contribution >= 4 is 22.9 Å². The van der Waals surface area contributed by atoms with E-state index in [0.717, 1.165) is 52.9 Å². The Morgan fingerprint density at radius 2 is 1.71 bits per heavy atom. The molecule has 1 saturated heterocycles. The molecule has 1 fully saturated rings. The van der Waals surface area contributed by atoms with Crippen molar-refractivity contribution in [1.82, 2.24) is 9.38 Å². The summed E-state index contributed by atoms with van der Waals surface area (Å²) in [5.74, 6) is 0.763. The van der Waals surface area contributed by atoms with Gasteiger partial charge in [-0.3, -0.25) is 4.79 Å². The van der Waals surface area contributed by atoms with E-state index in [9.17, 15) is 4.79 Å². The minimum absolute atomic E-state index is 0.0444. The molecule has 0 radical (unpaired) electrons. The van der Waals surface area contributed by atoms with Gasteiger partial charge in [0.15, 0.2) is 0 Å². The Bertz CT molecular complexity index is 1360. The molecule has 5 nitrogen and oxygen atoms in total. The molecule has 0 spiro atoms. The Morgan fingerprint density at radius 3 is 2.43 bits per heavy atom. The molecule has 5 heteroatoms. The van der Waals surface area contributed by atoms with Crippen LogP contribution >= 0.6 is 0 Å². The lowest BCUT2D eigenvalue weighted by atomic mass is 9.99. The summed E-state index contributed by atoms with van der Waals surface area (Å²) >= 11 is 0. The number of imidazole rings is 1. The fourth-order valence-electron chi connectivity index (χ4n) is 4.87. The van der Waals surface area contributed by atoms with Crippen LogP contribution in [0.25, 0.3) is 16.9 Å². The van der Waals surface area contributed by atoms with E-state index in [-0.39, 0.29) is 12.3 Å². The highest BCUT2D eigenvalue weighted by Gasteiger charge is 2.19. The van der Waals surface area contributed by atoms with E-state index in [2.05, 4.69) is 80.4 Å². The van der Waals surface area contributed by atoms with Crippen LogP contribution in [0.4, 0.5) is 11.4 Å². The third kappa shape index (κ3) is 4.95. The molecule has 2 aromatic carbocycles. The summed E-state index contributed by atoms with van der Waals surface area (Å²) in [5.41, 5.74) is 9.32. The number of hydrogen-bond acceptors (Lipinski definition) is 3. The lowest BCUT2D eigenvalue weighted by Gasteiger charge is -2.32. The molecule has 35 heavy (non-hydrogen) atoms. The number of carbonyl (C=O) groups is 1. The van der Waals surface area contributed by atoms with Crippen LogP contribution in [0.3, 0.4) is 0 Å². The van der Waals surface area contributed by atoms with E-state index >= 15 is 0 Å². The molecule has 180 valence electrons. The quantitative estimate of drug-likeness (QED) is 0.373. The normalized spacial score (nSPS) is 14.5. The molecule has 2 aromatic heterocycles. The molecule has 0 saturated carbocycles. The van der Waals surface area contributed by atoms with Crippen LogP contribution in [0, 0.1) is 26.7 Å². The lowest BCUT2D eigenvalue weighted by Crippen LogP contribution is -2.32. The van der Waals surface area contributed by atoms with Gasteiger partial charge in [0.1, 0.15) is 5.65 Å². The molecule has 0 bridgehead atoms. The molecule has 0 aliphatic carbocycles. The number of fused-ring (bicyclic) bond motifs is 1. The number of nitrogens with one attached hydrogen (secondary N) is 1. The van der Waals surface area contributed by atoms with E-state index in [0.29, 0.717) is 0 Å². The summed E-state index contributed by atoms with van der Waals surface area (Å²) in [4.78, 5) is 20.5. The zero-order valence-corrected chi connectivity index (χ0v) is 21.1. The number of hydrogen-bond donors (Lipinski definition) is 1. The summed E-state index contributed by atoms with van der Waals surface area (Å²) in [7, 11) is 0. The minimum atomic E-state index is -0.0444. The van der Waals surface area contributed by atoms with Gasteiger partial charge in [-0.25, -0.2) is 4.98 Å². The first-order valence-electron chi connectivity index (χ1n) is 12.6. The zero-order valence-electron chi connectivity index (χ0n) is 21.1. The van der Waals surface area contributed by atoms with Crippen LogP contribution in [0.5, 0.6) is 0 Å². The van der Waals surface area contributed by atoms with Gasteiger partial charge in [-0.1, -0.05) is 19.1 Å². The predicted molar refractivity (Wildman–Crippen MR) is 144 cm³/mol. The third-order valence-electron chi connectivity index (χ3n) is 7.29. The topological polar surface area (TPSA) is 49.6 Å². The average Bonchev–Trinajstić information content (AvgIpc) is 3.19. The number of pyridine rings is 1. The van der Waals surface area contributed by atoms with Gasteiger partial charge in [0.25, 0.3) is 0 Å². The van der Waals surface area contributed by atoms with Crippen LogP contribution < -0.4 is 10.2 Å². The van der Waals surface area contributed by atoms with Crippen molar-refractivity contribution < 1.29 is 4.79 Å². The second-order valence-electron chi connectivity index (χ2n) is 10.1. The van der Waals surface area contributed by atoms with E-state index in [1.54, 1.807) is 0 Å². The Labute approximate surface area is 207 Å². The molecule has 1 aliphatic heterocycles. The molecular weight excluding hydrogens is 432 g/mol. The van der Waals surface area contributed by atoms with Gasteiger partial charge in [-0.2, -0.15) is 0 Å². The minimum Gasteiger partial charge on any atom is -0.372 e. The average molecular weight is 467 g/mol. The highest BCUT2D eigenvalue weighted by Crippen LogP contribution is 2.28. The number of rotatable bonds is 5. The highest BCUT2D eigenvalue weighted by atomic mass is 16.1. The maximum atomic E-state index is 13.2. The molecular formula is C30H34N4O. The largest absolute Gasteiger partial charge is 0.372 e. The Hall–Kier alpha value is -3.60. The maximum Gasteiger partial charge on any atom is 0.230 e. The van der Waals surface area contributed by atoms with Gasteiger partial charge in [0.05, 0.1) is 17.8 Å².